The molecule has 0 radical (unpaired) electrons. The van der Waals surface area contributed by atoms with Crippen LogP contribution in [0.3, 0.4) is 0 Å². The molecule has 1 saturated heterocycles. The maximum atomic E-state index is 13.5. The third-order valence-electron chi connectivity index (χ3n) is 6.78. The van der Waals surface area contributed by atoms with E-state index in [0.29, 0.717) is 33.9 Å². The van der Waals surface area contributed by atoms with E-state index < -0.39 is 17.7 Å². The zero-order valence-corrected chi connectivity index (χ0v) is 21.7. The fourth-order valence-electron chi connectivity index (χ4n) is 4.87. The lowest BCUT2D eigenvalue weighted by Crippen LogP contribution is -2.30. The average molecular weight is 500 g/mol. The molecule has 3 heterocycles. The number of imidazole rings is 1. The van der Waals surface area contributed by atoms with Crippen LogP contribution in [0.15, 0.2) is 52.5 Å². The van der Waals surface area contributed by atoms with Crippen molar-refractivity contribution in [3.63, 3.8) is 0 Å². The Morgan fingerprint density at radius 1 is 1.11 bits per heavy atom. The second kappa shape index (κ2) is 8.96. The molecule has 1 fully saturated rings. The molecular weight excluding hydrogens is 470 g/mol. The monoisotopic (exact) mass is 499 g/mol. The number of Topliss-reactive ketones (excluding diaryl/α,β-unsaturated/α-hetero) is 1. The molecule has 1 unspecified atom stereocenters. The number of aryl methyl sites for hydroxylation is 3. The molecule has 1 amide bonds. The summed E-state index contributed by atoms with van der Waals surface area (Å²) < 4.78 is 11.4. The Bertz CT molecular complexity index is 1590. The van der Waals surface area contributed by atoms with E-state index in [1.165, 1.54) is 4.90 Å². The van der Waals surface area contributed by atoms with Crippen LogP contribution in [0.2, 0.25) is 0 Å². The molecule has 0 bridgehead atoms. The summed E-state index contributed by atoms with van der Waals surface area (Å²) in [5.74, 6) is 0.0890. The van der Waals surface area contributed by atoms with E-state index >= 15 is 0 Å². The number of aliphatic hydroxyl groups is 1. The number of aromatic amines is 1. The van der Waals surface area contributed by atoms with E-state index in [2.05, 4.69) is 9.97 Å². The zero-order valence-electron chi connectivity index (χ0n) is 21.7. The number of hydrogen-bond acceptors (Lipinski definition) is 6. The molecule has 2 aromatic heterocycles. The Balaban J connectivity index is 1.74. The van der Waals surface area contributed by atoms with Crippen LogP contribution in [0.4, 0.5) is 5.95 Å². The Morgan fingerprint density at radius 3 is 2.51 bits per heavy atom. The van der Waals surface area contributed by atoms with E-state index in [-0.39, 0.29) is 23.2 Å². The van der Waals surface area contributed by atoms with Crippen molar-refractivity contribution < 1.29 is 23.8 Å². The van der Waals surface area contributed by atoms with Gasteiger partial charge in [-0.25, -0.2) is 4.98 Å². The molecule has 1 aliphatic heterocycles. The van der Waals surface area contributed by atoms with Gasteiger partial charge < -0.3 is 19.2 Å². The van der Waals surface area contributed by atoms with Crippen LogP contribution >= 0.6 is 0 Å². The van der Waals surface area contributed by atoms with E-state index in [1.54, 1.807) is 26.2 Å². The van der Waals surface area contributed by atoms with Gasteiger partial charge in [0.05, 0.1) is 23.7 Å². The van der Waals surface area contributed by atoms with Crippen LogP contribution in [0.25, 0.3) is 16.8 Å². The predicted molar refractivity (Wildman–Crippen MR) is 141 cm³/mol. The lowest BCUT2D eigenvalue weighted by molar-refractivity contribution is -0.132. The van der Waals surface area contributed by atoms with Crippen molar-refractivity contribution in [1.29, 1.82) is 0 Å². The normalized spacial score (nSPS) is 17.4. The number of ketones is 1. The minimum absolute atomic E-state index is 0.0565. The zero-order chi connectivity index (χ0) is 26.6. The lowest BCUT2D eigenvalue weighted by atomic mass is 9.92. The molecular formula is C29H29N3O5. The van der Waals surface area contributed by atoms with Crippen molar-refractivity contribution in [1.82, 2.24) is 9.97 Å². The first-order chi connectivity index (χ1) is 17.6. The number of nitrogens with zero attached hydrogens (tertiary/aromatic N) is 2. The van der Waals surface area contributed by atoms with E-state index in [4.69, 9.17) is 9.15 Å². The summed E-state index contributed by atoms with van der Waals surface area (Å²) in [5.41, 5.74) is 4.40. The standard InChI is InChI=1S/C29H29N3O5/c1-14(2)18-13-19(16(4)12-23(18)36-6)26(33)24-25(22-10-8-17(5)37-22)32(28(35)27(24)34)29-30-20-9-7-15(3)11-21(20)31-29/h7-14,25,33H,1-6H3,(H,30,31)/b26-24+. The van der Waals surface area contributed by atoms with Crippen LogP contribution in [0, 0.1) is 20.8 Å². The SMILES string of the molecule is COc1cc(C)c(/C(O)=C2\C(=O)C(=O)N(c3nc4ccc(C)cc4[nH]3)C2c2ccc(C)o2)cc1C(C)C. The number of aliphatic hydroxyl groups excluding tert-OH is 1. The second-order valence-corrected chi connectivity index (χ2v) is 9.76. The largest absolute Gasteiger partial charge is 0.507 e. The first-order valence-corrected chi connectivity index (χ1v) is 12.1. The number of rotatable bonds is 5. The Hall–Kier alpha value is -4.33. The van der Waals surface area contributed by atoms with Crippen LogP contribution in [-0.4, -0.2) is 33.9 Å². The number of aromatic nitrogens is 2. The molecule has 8 nitrogen and oxygen atoms in total. The second-order valence-electron chi connectivity index (χ2n) is 9.76. The third kappa shape index (κ3) is 3.98. The number of carbonyl (C=O) groups excluding carboxylic acids is 2. The molecule has 8 heteroatoms. The number of ether oxygens (including phenoxy) is 1. The van der Waals surface area contributed by atoms with Crippen molar-refractivity contribution >= 4 is 34.4 Å². The maximum Gasteiger partial charge on any atom is 0.302 e. The van der Waals surface area contributed by atoms with Gasteiger partial charge in [-0.15, -0.1) is 0 Å². The average Bonchev–Trinajstić information content (AvgIpc) is 3.53. The molecule has 0 saturated carbocycles. The van der Waals surface area contributed by atoms with Crippen molar-refractivity contribution in [2.75, 3.05) is 12.0 Å². The van der Waals surface area contributed by atoms with Crippen LogP contribution in [0.5, 0.6) is 5.75 Å². The van der Waals surface area contributed by atoms with Gasteiger partial charge in [0.25, 0.3) is 5.78 Å². The molecule has 37 heavy (non-hydrogen) atoms. The molecule has 0 spiro atoms. The number of methoxy groups -OCH3 is 1. The van der Waals surface area contributed by atoms with Crippen LogP contribution in [-0.2, 0) is 9.59 Å². The van der Waals surface area contributed by atoms with Crippen LogP contribution in [0.1, 0.15) is 59.6 Å². The Kier molecular flexibility index (Phi) is 5.90. The highest BCUT2D eigenvalue weighted by atomic mass is 16.5. The highest BCUT2D eigenvalue weighted by molar-refractivity contribution is 6.51. The molecule has 1 aliphatic rings. The summed E-state index contributed by atoms with van der Waals surface area (Å²) in [5, 5.41) is 11.6. The number of hydrogen-bond donors (Lipinski definition) is 2. The maximum absolute atomic E-state index is 13.5. The van der Waals surface area contributed by atoms with E-state index in [1.807, 2.05) is 58.0 Å². The minimum Gasteiger partial charge on any atom is -0.507 e. The quantitative estimate of drug-likeness (QED) is 0.203. The molecule has 2 N–H and O–H groups in total. The van der Waals surface area contributed by atoms with Crippen molar-refractivity contribution in [3.05, 3.63) is 81.8 Å². The first kappa shape index (κ1) is 24.4. The summed E-state index contributed by atoms with van der Waals surface area (Å²) in [6.07, 6.45) is 0. The van der Waals surface area contributed by atoms with Gasteiger partial charge in [0.1, 0.15) is 29.1 Å². The van der Waals surface area contributed by atoms with Crippen molar-refractivity contribution in [3.8, 4) is 5.75 Å². The number of benzene rings is 2. The van der Waals surface area contributed by atoms with Gasteiger partial charge in [0.2, 0.25) is 5.95 Å². The minimum atomic E-state index is -1.00. The van der Waals surface area contributed by atoms with Gasteiger partial charge >= 0.3 is 5.91 Å². The number of anilines is 1. The van der Waals surface area contributed by atoms with Gasteiger partial charge in [-0.05, 0) is 79.8 Å². The number of furan rings is 1. The third-order valence-corrected chi connectivity index (χ3v) is 6.78. The van der Waals surface area contributed by atoms with Gasteiger partial charge in [-0.1, -0.05) is 19.9 Å². The first-order valence-electron chi connectivity index (χ1n) is 12.1. The molecule has 0 aliphatic carbocycles. The lowest BCUT2D eigenvalue weighted by Gasteiger charge is -2.21. The number of fused-ring (bicyclic) bond motifs is 1. The number of carbonyl (C=O) groups is 2. The fraction of sp³-hybridized carbons (Fsp3) is 0.276. The van der Waals surface area contributed by atoms with Gasteiger partial charge in [-0.2, -0.15) is 0 Å². The Morgan fingerprint density at radius 2 is 1.86 bits per heavy atom. The highest BCUT2D eigenvalue weighted by Crippen LogP contribution is 2.43. The molecule has 190 valence electrons. The summed E-state index contributed by atoms with van der Waals surface area (Å²) in [6.45, 7) is 9.60. The summed E-state index contributed by atoms with van der Waals surface area (Å²) in [6, 6.07) is 11.8. The van der Waals surface area contributed by atoms with Gasteiger partial charge in [0, 0.05) is 5.56 Å². The number of amides is 1. The van der Waals surface area contributed by atoms with Crippen molar-refractivity contribution in [2.45, 2.75) is 46.6 Å². The molecule has 2 aromatic carbocycles. The van der Waals surface area contributed by atoms with Gasteiger partial charge in [-0.3, -0.25) is 14.5 Å². The highest BCUT2D eigenvalue weighted by Gasteiger charge is 2.49. The smallest absolute Gasteiger partial charge is 0.302 e. The summed E-state index contributed by atoms with van der Waals surface area (Å²) in [4.78, 5) is 36.0. The topological polar surface area (TPSA) is 109 Å². The summed E-state index contributed by atoms with van der Waals surface area (Å²) >= 11 is 0. The summed E-state index contributed by atoms with van der Waals surface area (Å²) in [7, 11) is 1.60. The van der Waals surface area contributed by atoms with Crippen molar-refractivity contribution in [2.24, 2.45) is 0 Å². The molecule has 5 rings (SSSR count). The van der Waals surface area contributed by atoms with Crippen LogP contribution < -0.4 is 9.64 Å². The number of nitrogens with one attached hydrogen (secondary N) is 1. The molecule has 1 atom stereocenters. The van der Waals surface area contributed by atoms with Gasteiger partial charge in [0.15, 0.2) is 0 Å². The number of H-pyrrole nitrogens is 1. The molecule has 4 aromatic rings. The fourth-order valence-corrected chi connectivity index (χ4v) is 4.87. The van der Waals surface area contributed by atoms with E-state index in [0.717, 1.165) is 16.6 Å². The van der Waals surface area contributed by atoms with E-state index in [9.17, 15) is 14.7 Å². The predicted octanol–water partition coefficient (Wildman–Crippen LogP) is 5.84. The Labute approximate surface area is 214 Å².